The summed E-state index contributed by atoms with van der Waals surface area (Å²) in [5.41, 5.74) is 4.65. The maximum Gasteiger partial charge on any atom is 0.421 e. The maximum atomic E-state index is 12.0. The molecule has 1 spiro atoms. The number of aryl methyl sites for hydroxylation is 3. The van der Waals surface area contributed by atoms with E-state index in [0.717, 1.165) is 24.8 Å². The molecule has 0 radical (unpaired) electrons. The van der Waals surface area contributed by atoms with E-state index in [2.05, 4.69) is 37.0 Å². The van der Waals surface area contributed by atoms with Gasteiger partial charge < -0.3 is 14.2 Å². The number of pyridine rings is 1. The lowest BCUT2D eigenvalue weighted by atomic mass is 9.87. The summed E-state index contributed by atoms with van der Waals surface area (Å²) >= 11 is 0. The molecule has 0 aliphatic carbocycles. The second kappa shape index (κ2) is 8.67. The molecule has 2 aromatic rings. The van der Waals surface area contributed by atoms with E-state index >= 15 is 0 Å². The molecule has 0 N–H and O–H groups in total. The van der Waals surface area contributed by atoms with Gasteiger partial charge in [-0.1, -0.05) is 35.4 Å². The molecular weight excluding hydrogens is 396 g/mol. The van der Waals surface area contributed by atoms with E-state index in [1.807, 2.05) is 17.0 Å². The maximum absolute atomic E-state index is 12.0. The Balaban J connectivity index is 1.50. The fraction of sp³-hybridized carbons (Fsp3) is 0.458. The van der Waals surface area contributed by atoms with Crippen LogP contribution in [0.5, 0.6) is 5.88 Å². The molecule has 0 amide bonds. The molecule has 7 nitrogen and oxygen atoms in total. The molecule has 4 rings (SSSR count). The molecule has 2 fully saturated rings. The van der Waals surface area contributed by atoms with Crippen LogP contribution in [0, 0.1) is 19.8 Å². The zero-order valence-corrected chi connectivity index (χ0v) is 18.2. The van der Waals surface area contributed by atoms with Gasteiger partial charge in [0, 0.05) is 31.3 Å². The number of aromatic nitrogens is 1. The number of nitrogens with zero attached hydrogens (tertiary/aromatic N) is 2. The summed E-state index contributed by atoms with van der Waals surface area (Å²) in [7, 11) is 1.57. The summed E-state index contributed by atoms with van der Waals surface area (Å²) in [6, 6.07) is 10.3. The lowest BCUT2D eigenvalue weighted by molar-refractivity contribution is -0.274. The Labute approximate surface area is 182 Å². The summed E-state index contributed by atoms with van der Waals surface area (Å²) in [5, 5.41) is 0. The highest BCUT2D eigenvalue weighted by Gasteiger charge is 2.55. The number of carbonyl (C=O) groups excluding carboxylic acids is 2. The molecule has 1 aromatic carbocycles. The summed E-state index contributed by atoms with van der Waals surface area (Å²) in [4.78, 5) is 30.1. The lowest BCUT2D eigenvalue weighted by Gasteiger charge is -2.43. The van der Waals surface area contributed by atoms with Crippen molar-refractivity contribution in [1.82, 2.24) is 9.88 Å². The van der Waals surface area contributed by atoms with Crippen molar-refractivity contribution in [2.45, 2.75) is 52.0 Å². The zero-order chi connectivity index (χ0) is 22.0. The van der Waals surface area contributed by atoms with Crippen molar-refractivity contribution in [3.63, 3.8) is 0 Å². The van der Waals surface area contributed by atoms with Crippen LogP contribution in [0.1, 0.15) is 41.5 Å². The first-order chi connectivity index (χ1) is 14.9. The van der Waals surface area contributed by atoms with Gasteiger partial charge in [-0.25, -0.2) is 19.5 Å². The molecule has 31 heavy (non-hydrogen) atoms. The second-order valence-corrected chi connectivity index (χ2v) is 8.48. The van der Waals surface area contributed by atoms with Crippen LogP contribution in [0.3, 0.4) is 0 Å². The summed E-state index contributed by atoms with van der Waals surface area (Å²) < 4.78 is 16.4. The molecule has 164 valence electrons. The quantitative estimate of drug-likeness (QED) is 0.520. The van der Waals surface area contributed by atoms with Crippen molar-refractivity contribution < 1.29 is 23.8 Å². The van der Waals surface area contributed by atoms with Gasteiger partial charge in [0.2, 0.25) is 5.88 Å². The van der Waals surface area contributed by atoms with Gasteiger partial charge in [0.25, 0.3) is 0 Å². The average molecular weight is 424 g/mol. The van der Waals surface area contributed by atoms with E-state index in [4.69, 9.17) is 14.2 Å². The Kier molecular flexibility index (Phi) is 5.96. The lowest BCUT2D eigenvalue weighted by Crippen LogP contribution is -2.54. The predicted molar refractivity (Wildman–Crippen MR) is 113 cm³/mol. The van der Waals surface area contributed by atoms with Crippen LogP contribution in [0.25, 0.3) is 0 Å². The molecule has 2 aliphatic heterocycles. The molecule has 0 saturated carbocycles. The van der Waals surface area contributed by atoms with Crippen LogP contribution in [0.2, 0.25) is 0 Å². The van der Waals surface area contributed by atoms with Gasteiger partial charge in [0.15, 0.2) is 0 Å². The smallest absolute Gasteiger partial charge is 0.421 e. The molecule has 2 aliphatic rings. The van der Waals surface area contributed by atoms with E-state index in [1.54, 1.807) is 13.3 Å². The molecule has 2 saturated heterocycles. The van der Waals surface area contributed by atoms with E-state index < -0.39 is 17.8 Å². The summed E-state index contributed by atoms with van der Waals surface area (Å²) in [5.74, 6) is -2.45. The third-order valence-electron chi connectivity index (χ3n) is 6.03. The molecule has 7 heteroatoms. The second-order valence-electron chi connectivity index (χ2n) is 8.48. The number of carbonyl (C=O) groups is 2. The number of ether oxygens (including phenoxy) is 3. The molecule has 3 heterocycles. The predicted octanol–water partition coefficient (Wildman–Crippen LogP) is 3.31. The van der Waals surface area contributed by atoms with Crippen LogP contribution in [0.4, 0.5) is 0 Å². The van der Waals surface area contributed by atoms with Gasteiger partial charge in [-0.15, -0.1) is 0 Å². The number of benzene rings is 1. The number of likely N-dealkylation sites (tertiary alicyclic amines) is 1. The Bertz CT molecular complexity index is 953. The first-order valence-corrected chi connectivity index (χ1v) is 10.6. The largest absolute Gasteiger partial charge is 0.481 e. The van der Waals surface area contributed by atoms with Crippen LogP contribution in [0.15, 0.2) is 36.5 Å². The van der Waals surface area contributed by atoms with E-state index in [-0.39, 0.29) is 5.92 Å². The van der Waals surface area contributed by atoms with Crippen molar-refractivity contribution in [2.24, 2.45) is 5.92 Å². The van der Waals surface area contributed by atoms with Gasteiger partial charge in [-0.05, 0) is 50.7 Å². The van der Waals surface area contributed by atoms with Gasteiger partial charge in [-0.3, -0.25) is 0 Å². The first kappa shape index (κ1) is 21.3. The van der Waals surface area contributed by atoms with Crippen molar-refractivity contribution in [3.05, 3.63) is 58.8 Å². The van der Waals surface area contributed by atoms with Crippen LogP contribution < -0.4 is 4.74 Å². The minimum absolute atomic E-state index is 0.270. The zero-order valence-electron chi connectivity index (χ0n) is 18.2. The minimum Gasteiger partial charge on any atom is -0.481 e. The highest BCUT2D eigenvalue weighted by molar-refractivity contribution is 6.31. The Hall–Kier alpha value is -2.93. The third kappa shape index (κ3) is 4.56. The SMILES string of the molecule is COc1ncccc1CN1CCC(CCc2cc(C)cc(C)c2)CC12OC(=O)C(=O)O2. The number of hydrogen-bond acceptors (Lipinski definition) is 7. The molecule has 1 atom stereocenters. The minimum atomic E-state index is -1.36. The normalized spacial score (nSPS) is 20.5. The monoisotopic (exact) mass is 424 g/mol. The van der Waals surface area contributed by atoms with E-state index in [0.29, 0.717) is 25.4 Å². The number of piperidine rings is 1. The van der Waals surface area contributed by atoms with E-state index in [9.17, 15) is 9.59 Å². The van der Waals surface area contributed by atoms with Crippen molar-refractivity contribution in [2.75, 3.05) is 13.7 Å². The first-order valence-electron chi connectivity index (χ1n) is 10.6. The Morgan fingerprint density at radius 3 is 2.55 bits per heavy atom. The Morgan fingerprint density at radius 1 is 1.16 bits per heavy atom. The van der Waals surface area contributed by atoms with Crippen LogP contribution in [-0.4, -0.2) is 41.4 Å². The van der Waals surface area contributed by atoms with Crippen molar-refractivity contribution >= 4 is 11.9 Å². The number of hydrogen-bond donors (Lipinski definition) is 0. The summed E-state index contributed by atoms with van der Waals surface area (Å²) in [6.45, 7) is 5.25. The average Bonchev–Trinajstić information content (AvgIpc) is 3.01. The fourth-order valence-electron chi connectivity index (χ4n) is 4.67. The van der Waals surface area contributed by atoms with Gasteiger partial charge in [-0.2, -0.15) is 0 Å². The molecular formula is C24H28N2O5. The highest BCUT2D eigenvalue weighted by atomic mass is 16.8. The fourth-order valence-corrected chi connectivity index (χ4v) is 4.67. The van der Waals surface area contributed by atoms with Crippen LogP contribution >= 0.6 is 0 Å². The number of esters is 2. The van der Waals surface area contributed by atoms with Gasteiger partial charge in [0.05, 0.1) is 7.11 Å². The third-order valence-corrected chi connectivity index (χ3v) is 6.03. The number of rotatable bonds is 6. The van der Waals surface area contributed by atoms with Crippen molar-refractivity contribution in [1.29, 1.82) is 0 Å². The molecule has 0 bridgehead atoms. The van der Waals surface area contributed by atoms with Gasteiger partial charge in [0.1, 0.15) is 0 Å². The molecule has 1 aromatic heterocycles. The standard InChI is InChI=1S/C24H28N2O5/c1-16-11-17(2)13-19(12-16)7-6-18-8-10-26(15-20-5-4-9-25-21(20)29-3)24(14-18)30-22(27)23(28)31-24/h4-5,9,11-13,18H,6-8,10,14-15H2,1-3H3. The molecule has 1 unspecified atom stereocenters. The topological polar surface area (TPSA) is 78.0 Å². The van der Waals surface area contributed by atoms with Crippen LogP contribution in [-0.2, 0) is 32.0 Å². The highest BCUT2D eigenvalue weighted by Crippen LogP contribution is 2.40. The van der Waals surface area contributed by atoms with Gasteiger partial charge >= 0.3 is 17.8 Å². The summed E-state index contributed by atoms with van der Waals surface area (Å²) in [6.07, 6.45) is 4.90. The van der Waals surface area contributed by atoms with Crippen molar-refractivity contribution in [3.8, 4) is 5.88 Å². The van der Waals surface area contributed by atoms with E-state index in [1.165, 1.54) is 16.7 Å². The number of methoxy groups -OCH3 is 1. The Morgan fingerprint density at radius 2 is 1.87 bits per heavy atom.